The maximum atomic E-state index is 6.99. The van der Waals surface area contributed by atoms with E-state index in [9.17, 15) is 0 Å². The third-order valence-corrected chi connectivity index (χ3v) is 10.6. The highest BCUT2D eigenvalue weighted by molar-refractivity contribution is 5.54. The van der Waals surface area contributed by atoms with Crippen LogP contribution in [0.1, 0.15) is 42.7 Å². The highest BCUT2D eigenvalue weighted by atomic mass is 16.5. The van der Waals surface area contributed by atoms with Crippen LogP contribution in [0.4, 0.5) is 0 Å². The Morgan fingerprint density at radius 1 is 0.718 bits per heavy atom. The van der Waals surface area contributed by atoms with Gasteiger partial charge in [-0.05, 0) is 37.6 Å². The lowest BCUT2D eigenvalue weighted by Crippen LogP contribution is -2.76. The normalized spacial score (nSPS) is 43.7. The van der Waals surface area contributed by atoms with E-state index < -0.39 is 0 Å². The first-order valence-corrected chi connectivity index (χ1v) is 15.0. The van der Waals surface area contributed by atoms with E-state index in [2.05, 4.69) is 64.1 Å². The summed E-state index contributed by atoms with van der Waals surface area (Å²) < 4.78 is 13.7. The van der Waals surface area contributed by atoms with Crippen molar-refractivity contribution in [2.45, 2.75) is 73.6 Å². The maximum Gasteiger partial charge on any atom is 0.163 e. The summed E-state index contributed by atoms with van der Waals surface area (Å²) in [4.78, 5) is 18.3. The van der Waals surface area contributed by atoms with Gasteiger partial charge in [0.1, 0.15) is 11.6 Å². The van der Waals surface area contributed by atoms with Crippen molar-refractivity contribution in [3.63, 3.8) is 0 Å². The van der Waals surface area contributed by atoms with Crippen LogP contribution in [0.2, 0.25) is 0 Å². The number of rotatable bonds is 3. The third kappa shape index (κ3) is 3.58. The topological polar surface area (TPSA) is 84.4 Å². The molecular formula is C31H36N6O2. The van der Waals surface area contributed by atoms with Gasteiger partial charge in [-0.15, -0.1) is 0 Å². The molecule has 5 saturated heterocycles. The summed E-state index contributed by atoms with van der Waals surface area (Å²) in [6, 6.07) is 11.8. The van der Waals surface area contributed by atoms with Gasteiger partial charge in [0.05, 0.1) is 30.5 Å². The van der Waals surface area contributed by atoms with Crippen molar-refractivity contribution in [3.05, 3.63) is 66.3 Å². The quantitative estimate of drug-likeness (QED) is 0.634. The van der Waals surface area contributed by atoms with Gasteiger partial charge in [-0.2, -0.15) is 0 Å². The number of morpholine rings is 2. The van der Waals surface area contributed by atoms with E-state index >= 15 is 0 Å². The monoisotopic (exact) mass is 524 g/mol. The first kappa shape index (κ1) is 23.2. The van der Waals surface area contributed by atoms with Crippen LogP contribution < -0.4 is 10.6 Å². The molecule has 8 nitrogen and oxygen atoms in total. The van der Waals surface area contributed by atoms with E-state index in [4.69, 9.17) is 24.4 Å². The maximum absolute atomic E-state index is 6.99. The second-order valence-corrected chi connectivity index (χ2v) is 12.6. The minimum absolute atomic E-state index is 0.187. The molecule has 6 heterocycles. The molecule has 7 aliphatic rings. The van der Waals surface area contributed by atoms with Crippen LogP contribution in [0.25, 0.3) is 11.4 Å². The number of aromatic nitrogens is 3. The fourth-order valence-corrected chi connectivity index (χ4v) is 9.08. The fraction of sp³-hybridized carbons (Fsp3) is 0.581. The Morgan fingerprint density at radius 3 is 2.28 bits per heavy atom. The van der Waals surface area contributed by atoms with Crippen LogP contribution in [0.3, 0.4) is 0 Å². The molecule has 11 atom stereocenters. The number of nitrogens with one attached hydrogen (secondary N) is 2. The average molecular weight is 525 g/mol. The SMILES string of the molecule is C1=CCC(c2nc(-c3ccccc3)nc(C3CC4OC5CNCC6OC7CNCC8C(C3)C4N(C65)C78)n2)C=C1. The number of piperidine rings is 2. The molecule has 1 aromatic heterocycles. The van der Waals surface area contributed by atoms with Crippen molar-refractivity contribution >= 4 is 0 Å². The average Bonchev–Trinajstić information content (AvgIpc) is 3.34. The molecule has 0 amide bonds. The zero-order valence-electron chi connectivity index (χ0n) is 22.1. The summed E-state index contributed by atoms with van der Waals surface area (Å²) in [6.07, 6.45) is 12.6. The number of hydrogen-bond acceptors (Lipinski definition) is 8. The van der Waals surface area contributed by atoms with Gasteiger partial charge in [0.25, 0.3) is 0 Å². The summed E-state index contributed by atoms with van der Waals surface area (Å²) in [5.74, 6) is 4.22. The minimum atomic E-state index is 0.187. The van der Waals surface area contributed by atoms with Crippen molar-refractivity contribution in [2.24, 2.45) is 11.8 Å². The molecule has 5 aliphatic heterocycles. The van der Waals surface area contributed by atoms with Crippen LogP contribution in [0.15, 0.2) is 54.6 Å². The first-order chi connectivity index (χ1) is 19.3. The number of benzene rings is 1. The van der Waals surface area contributed by atoms with Crippen molar-refractivity contribution in [1.29, 1.82) is 0 Å². The molecule has 1 saturated carbocycles. The van der Waals surface area contributed by atoms with Crippen molar-refractivity contribution < 1.29 is 9.47 Å². The van der Waals surface area contributed by atoms with Crippen molar-refractivity contribution in [1.82, 2.24) is 30.5 Å². The van der Waals surface area contributed by atoms with E-state index in [1.165, 1.54) is 0 Å². The molecule has 11 unspecified atom stereocenters. The van der Waals surface area contributed by atoms with Crippen LogP contribution in [0.5, 0.6) is 0 Å². The molecule has 1 aromatic carbocycles. The molecule has 0 bridgehead atoms. The van der Waals surface area contributed by atoms with E-state index in [1.807, 2.05) is 6.07 Å². The van der Waals surface area contributed by atoms with Gasteiger partial charge in [0.2, 0.25) is 0 Å². The Hall–Kier alpha value is -2.49. The van der Waals surface area contributed by atoms with E-state index in [-0.39, 0.29) is 36.3 Å². The van der Waals surface area contributed by atoms with Gasteiger partial charge in [0, 0.05) is 49.1 Å². The Labute approximate surface area is 229 Å². The molecular weight excluding hydrogens is 488 g/mol. The molecule has 6 fully saturated rings. The minimum Gasteiger partial charge on any atom is -0.370 e. The molecule has 8 heteroatoms. The molecule has 39 heavy (non-hydrogen) atoms. The van der Waals surface area contributed by atoms with Crippen molar-refractivity contribution in [2.75, 3.05) is 26.2 Å². The smallest absolute Gasteiger partial charge is 0.163 e. The lowest BCUT2D eigenvalue weighted by Gasteiger charge is -2.59. The first-order valence-electron chi connectivity index (χ1n) is 15.0. The van der Waals surface area contributed by atoms with E-state index in [0.29, 0.717) is 30.0 Å². The van der Waals surface area contributed by atoms with Crippen LogP contribution in [0, 0.1) is 11.8 Å². The highest BCUT2D eigenvalue weighted by Gasteiger charge is 2.66. The molecule has 2 N–H and O–H groups in total. The number of nitrogens with zero attached hydrogens (tertiary/aromatic N) is 4. The van der Waals surface area contributed by atoms with Crippen LogP contribution in [-0.4, -0.2) is 88.6 Å². The lowest BCUT2D eigenvalue weighted by atomic mass is 9.70. The number of ether oxygens (including phenoxy) is 2. The zero-order chi connectivity index (χ0) is 25.5. The summed E-state index contributed by atoms with van der Waals surface area (Å²) in [5, 5.41) is 7.35. The Bertz CT molecular complexity index is 1320. The standard InChI is InChI=1S/C31H36N6O2/c1-3-7-17(8-4-1)29-34-30(18-9-5-2-6-10-18)36-31(35-29)19-11-20-21-13-32-14-23-27(21)37-26(20)22(12-19)38-24-15-33-16-25(39-23)28(24)37/h1-9,18-28,32-33H,10-16H2. The highest BCUT2D eigenvalue weighted by Crippen LogP contribution is 2.55. The number of allylic oxidation sites excluding steroid dienone is 4. The van der Waals surface area contributed by atoms with Gasteiger partial charge in [-0.25, -0.2) is 15.0 Å². The molecule has 202 valence electrons. The number of fused-ring (bicyclic) bond motifs is 1. The molecule has 2 aliphatic carbocycles. The Kier molecular flexibility index (Phi) is 5.37. The summed E-state index contributed by atoms with van der Waals surface area (Å²) in [7, 11) is 0. The summed E-state index contributed by atoms with van der Waals surface area (Å²) in [6.45, 7) is 3.87. The van der Waals surface area contributed by atoms with Gasteiger partial charge in [-0.1, -0.05) is 54.6 Å². The second-order valence-electron chi connectivity index (χ2n) is 12.6. The molecule has 2 aromatic rings. The molecule has 0 radical (unpaired) electrons. The number of hydrogen-bond donors (Lipinski definition) is 2. The van der Waals surface area contributed by atoms with Gasteiger partial charge >= 0.3 is 0 Å². The van der Waals surface area contributed by atoms with Gasteiger partial charge in [0.15, 0.2) is 5.82 Å². The van der Waals surface area contributed by atoms with Gasteiger partial charge < -0.3 is 20.1 Å². The fourth-order valence-electron chi connectivity index (χ4n) is 9.08. The Morgan fingerprint density at radius 2 is 1.46 bits per heavy atom. The van der Waals surface area contributed by atoms with E-state index in [0.717, 1.165) is 68.5 Å². The zero-order valence-corrected chi connectivity index (χ0v) is 22.1. The Balaban J connectivity index is 1.11. The molecule has 0 spiro atoms. The van der Waals surface area contributed by atoms with Gasteiger partial charge in [-0.3, -0.25) is 4.90 Å². The summed E-state index contributed by atoms with van der Waals surface area (Å²) in [5.41, 5.74) is 1.05. The summed E-state index contributed by atoms with van der Waals surface area (Å²) >= 11 is 0. The third-order valence-electron chi connectivity index (χ3n) is 10.6. The predicted octanol–water partition coefficient (Wildman–Crippen LogP) is 2.41. The van der Waals surface area contributed by atoms with Crippen LogP contribution >= 0.6 is 0 Å². The largest absolute Gasteiger partial charge is 0.370 e. The second kappa shape index (κ2) is 9.01. The van der Waals surface area contributed by atoms with Crippen molar-refractivity contribution in [3.8, 4) is 11.4 Å². The van der Waals surface area contributed by atoms with E-state index in [1.54, 1.807) is 0 Å². The lowest BCUT2D eigenvalue weighted by molar-refractivity contribution is -0.250. The predicted molar refractivity (Wildman–Crippen MR) is 146 cm³/mol. The molecule has 9 rings (SSSR count). The van der Waals surface area contributed by atoms with Crippen LogP contribution in [-0.2, 0) is 9.47 Å².